The number of rotatable bonds is 7. The second-order valence-corrected chi connectivity index (χ2v) is 5.38. The van der Waals surface area contributed by atoms with Crippen molar-refractivity contribution in [1.29, 1.82) is 0 Å². The van der Waals surface area contributed by atoms with Gasteiger partial charge in [0, 0.05) is 18.8 Å². The molecule has 0 aliphatic carbocycles. The molecule has 0 amide bonds. The normalized spacial score (nSPS) is 13.1. The summed E-state index contributed by atoms with van der Waals surface area (Å²) in [4.78, 5) is 4.56. The van der Waals surface area contributed by atoms with Gasteiger partial charge in [0.2, 0.25) is 5.95 Å². The fourth-order valence-corrected chi connectivity index (χ4v) is 1.92. The van der Waals surface area contributed by atoms with Crippen LogP contribution in [-0.2, 0) is 0 Å². The highest BCUT2D eigenvalue weighted by Crippen LogP contribution is 2.20. The van der Waals surface area contributed by atoms with Crippen LogP contribution in [0.15, 0.2) is 6.20 Å². The molecule has 0 aliphatic rings. The lowest BCUT2D eigenvalue weighted by Crippen LogP contribution is -2.14. The number of anilines is 1. The van der Waals surface area contributed by atoms with E-state index in [-0.39, 0.29) is 0 Å². The van der Waals surface area contributed by atoms with E-state index in [1.54, 1.807) is 0 Å². The van der Waals surface area contributed by atoms with Crippen LogP contribution >= 0.6 is 0 Å². The predicted octanol–water partition coefficient (Wildman–Crippen LogP) is 4.01. The van der Waals surface area contributed by atoms with Crippen LogP contribution in [0.25, 0.3) is 0 Å². The standard InChI is InChI=1S/C14H27N3/c1-6-7-8-13(5)17-10-12(4)16-14(17)15-9-11(2)3/h10-11,13H,6-9H2,1-5H3,(H,15,16). The van der Waals surface area contributed by atoms with E-state index >= 15 is 0 Å². The van der Waals surface area contributed by atoms with Crippen molar-refractivity contribution in [2.24, 2.45) is 5.92 Å². The smallest absolute Gasteiger partial charge is 0.203 e. The molecule has 0 spiro atoms. The minimum atomic E-state index is 0.533. The van der Waals surface area contributed by atoms with Crippen LogP contribution in [0.5, 0.6) is 0 Å². The average Bonchev–Trinajstić information content (AvgIpc) is 2.64. The molecule has 0 aliphatic heterocycles. The quantitative estimate of drug-likeness (QED) is 0.776. The number of nitrogens with zero attached hydrogens (tertiary/aromatic N) is 2. The van der Waals surface area contributed by atoms with E-state index in [2.05, 4.69) is 55.7 Å². The number of hydrogen-bond donors (Lipinski definition) is 1. The lowest BCUT2D eigenvalue weighted by Gasteiger charge is -2.17. The Morgan fingerprint density at radius 2 is 2.06 bits per heavy atom. The van der Waals surface area contributed by atoms with Crippen LogP contribution < -0.4 is 5.32 Å². The molecule has 1 unspecified atom stereocenters. The topological polar surface area (TPSA) is 29.9 Å². The highest BCUT2D eigenvalue weighted by molar-refractivity contribution is 5.29. The zero-order valence-corrected chi connectivity index (χ0v) is 12.0. The first-order valence-electron chi connectivity index (χ1n) is 6.84. The second kappa shape index (κ2) is 6.67. The Kier molecular flexibility index (Phi) is 5.52. The average molecular weight is 237 g/mol. The summed E-state index contributed by atoms with van der Waals surface area (Å²) in [6.07, 6.45) is 5.92. The first-order chi connectivity index (χ1) is 8.04. The first kappa shape index (κ1) is 14.1. The molecule has 0 saturated carbocycles. The van der Waals surface area contributed by atoms with Gasteiger partial charge in [-0.15, -0.1) is 0 Å². The van der Waals surface area contributed by atoms with Crippen molar-refractivity contribution in [3.05, 3.63) is 11.9 Å². The molecular formula is C14H27N3. The maximum Gasteiger partial charge on any atom is 0.203 e. The second-order valence-electron chi connectivity index (χ2n) is 5.38. The van der Waals surface area contributed by atoms with E-state index in [0.717, 1.165) is 18.2 Å². The molecular weight excluding hydrogens is 210 g/mol. The fourth-order valence-electron chi connectivity index (χ4n) is 1.92. The highest BCUT2D eigenvalue weighted by Gasteiger charge is 2.11. The lowest BCUT2D eigenvalue weighted by molar-refractivity contribution is 0.487. The van der Waals surface area contributed by atoms with Crippen molar-refractivity contribution in [1.82, 2.24) is 9.55 Å². The molecule has 0 fully saturated rings. The first-order valence-corrected chi connectivity index (χ1v) is 6.84. The Morgan fingerprint density at radius 1 is 1.35 bits per heavy atom. The van der Waals surface area contributed by atoms with Crippen LogP contribution in [0.4, 0.5) is 5.95 Å². The summed E-state index contributed by atoms with van der Waals surface area (Å²) in [5.41, 5.74) is 1.10. The van der Waals surface area contributed by atoms with Crippen molar-refractivity contribution in [2.45, 2.75) is 59.9 Å². The Bertz CT molecular complexity index is 328. The van der Waals surface area contributed by atoms with Gasteiger partial charge in [-0.2, -0.15) is 0 Å². The van der Waals surface area contributed by atoms with Gasteiger partial charge in [0.15, 0.2) is 0 Å². The highest BCUT2D eigenvalue weighted by atomic mass is 15.2. The Balaban J connectivity index is 2.69. The van der Waals surface area contributed by atoms with Crippen molar-refractivity contribution < 1.29 is 0 Å². The SMILES string of the molecule is CCCCC(C)n1cc(C)nc1NCC(C)C. The summed E-state index contributed by atoms with van der Waals surface area (Å²) in [5.74, 6) is 1.67. The van der Waals surface area contributed by atoms with Crippen LogP contribution in [0.3, 0.4) is 0 Å². The maximum absolute atomic E-state index is 4.56. The predicted molar refractivity (Wildman–Crippen MR) is 74.5 cm³/mol. The molecule has 1 aromatic heterocycles. The van der Waals surface area contributed by atoms with E-state index < -0.39 is 0 Å². The van der Waals surface area contributed by atoms with Crippen LogP contribution in [-0.4, -0.2) is 16.1 Å². The number of aryl methyl sites for hydroxylation is 1. The Labute approximate surface area is 106 Å². The molecule has 3 heteroatoms. The molecule has 17 heavy (non-hydrogen) atoms. The summed E-state index contributed by atoms with van der Waals surface area (Å²) in [6, 6.07) is 0.533. The van der Waals surface area contributed by atoms with Gasteiger partial charge in [-0.05, 0) is 26.2 Å². The van der Waals surface area contributed by atoms with Gasteiger partial charge in [0.1, 0.15) is 0 Å². The minimum absolute atomic E-state index is 0.533. The van der Waals surface area contributed by atoms with Crippen molar-refractivity contribution >= 4 is 5.95 Å². The third-order valence-electron chi connectivity index (χ3n) is 2.97. The van der Waals surface area contributed by atoms with E-state index in [9.17, 15) is 0 Å². The Morgan fingerprint density at radius 3 is 2.65 bits per heavy atom. The molecule has 1 heterocycles. The van der Waals surface area contributed by atoms with Gasteiger partial charge in [-0.3, -0.25) is 0 Å². The number of imidazole rings is 1. The van der Waals surface area contributed by atoms with Crippen molar-refractivity contribution in [3.63, 3.8) is 0 Å². The zero-order chi connectivity index (χ0) is 12.8. The molecule has 1 rings (SSSR count). The van der Waals surface area contributed by atoms with Crippen LogP contribution in [0, 0.1) is 12.8 Å². The van der Waals surface area contributed by atoms with E-state index in [1.165, 1.54) is 19.3 Å². The molecule has 0 bridgehead atoms. The molecule has 3 nitrogen and oxygen atoms in total. The van der Waals surface area contributed by atoms with Gasteiger partial charge in [0.05, 0.1) is 5.69 Å². The zero-order valence-electron chi connectivity index (χ0n) is 12.0. The van der Waals surface area contributed by atoms with Gasteiger partial charge in [-0.1, -0.05) is 33.6 Å². The largest absolute Gasteiger partial charge is 0.355 e. The molecule has 1 atom stereocenters. The van der Waals surface area contributed by atoms with Gasteiger partial charge >= 0.3 is 0 Å². The third-order valence-corrected chi connectivity index (χ3v) is 2.97. The maximum atomic E-state index is 4.56. The van der Waals surface area contributed by atoms with Gasteiger partial charge < -0.3 is 9.88 Å². The van der Waals surface area contributed by atoms with E-state index in [1.807, 2.05) is 0 Å². The van der Waals surface area contributed by atoms with Gasteiger partial charge in [0.25, 0.3) is 0 Å². The number of aromatic nitrogens is 2. The summed E-state index contributed by atoms with van der Waals surface area (Å²) in [6.45, 7) is 12.0. The Hall–Kier alpha value is -0.990. The van der Waals surface area contributed by atoms with Crippen LogP contribution in [0.1, 0.15) is 58.7 Å². The minimum Gasteiger partial charge on any atom is -0.355 e. The summed E-state index contributed by atoms with van der Waals surface area (Å²) in [7, 11) is 0. The monoisotopic (exact) mass is 237 g/mol. The third kappa shape index (κ3) is 4.41. The summed E-state index contributed by atoms with van der Waals surface area (Å²) >= 11 is 0. The molecule has 1 N–H and O–H groups in total. The van der Waals surface area contributed by atoms with Crippen LogP contribution in [0.2, 0.25) is 0 Å². The molecule has 0 aromatic carbocycles. The molecule has 98 valence electrons. The van der Waals surface area contributed by atoms with E-state index in [0.29, 0.717) is 12.0 Å². The van der Waals surface area contributed by atoms with Crippen molar-refractivity contribution in [2.75, 3.05) is 11.9 Å². The van der Waals surface area contributed by atoms with Crippen molar-refractivity contribution in [3.8, 4) is 0 Å². The molecule has 0 radical (unpaired) electrons. The van der Waals surface area contributed by atoms with Gasteiger partial charge in [-0.25, -0.2) is 4.98 Å². The fraction of sp³-hybridized carbons (Fsp3) is 0.786. The number of nitrogens with one attached hydrogen (secondary N) is 1. The summed E-state index contributed by atoms with van der Waals surface area (Å²) < 4.78 is 2.29. The summed E-state index contributed by atoms with van der Waals surface area (Å²) in [5, 5.41) is 3.44. The lowest BCUT2D eigenvalue weighted by atomic mass is 10.1. The number of unbranched alkanes of at least 4 members (excludes halogenated alkanes) is 1. The molecule has 0 saturated heterocycles. The van der Waals surface area contributed by atoms with E-state index in [4.69, 9.17) is 0 Å². The molecule has 1 aromatic rings. The number of hydrogen-bond acceptors (Lipinski definition) is 2.